The number of rotatable bonds is 2. The van der Waals surface area contributed by atoms with E-state index >= 15 is 0 Å². The monoisotopic (exact) mass is 218 g/mol. The first-order chi connectivity index (χ1) is 7.65. The summed E-state index contributed by atoms with van der Waals surface area (Å²) in [6.45, 7) is 1.80. The molecular formula is C10H10N4O2. The molecule has 16 heavy (non-hydrogen) atoms. The predicted octanol–water partition coefficient (Wildman–Crippen LogP) is 0.0869. The maximum atomic E-state index is 11.6. The van der Waals surface area contributed by atoms with Gasteiger partial charge in [0.25, 0.3) is 0 Å². The average Bonchev–Trinajstić information content (AvgIpc) is 2.59. The fourth-order valence-electron chi connectivity index (χ4n) is 1.47. The van der Waals surface area contributed by atoms with Gasteiger partial charge in [0.1, 0.15) is 0 Å². The molecule has 0 aliphatic carbocycles. The minimum Gasteiger partial charge on any atom is -0.298 e. The van der Waals surface area contributed by atoms with Crippen LogP contribution in [-0.2, 0) is 7.05 Å². The van der Waals surface area contributed by atoms with Crippen LogP contribution in [0.4, 0.5) is 0 Å². The van der Waals surface area contributed by atoms with E-state index in [0.717, 1.165) is 14.9 Å². The molecule has 2 aromatic rings. The summed E-state index contributed by atoms with van der Waals surface area (Å²) in [6.07, 6.45) is 0.714. The number of carbonyl (C=O) groups is 1. The highest BCUT2D eigenvalue weighted by atomic mass is 16.2. The summed E-state index contributed by atoms with van der Waals surface area (Å²) < 4.78 is 2.22. The van der Waals surface area contributed by atoms with Crippen LogP contribution >= 0.6 is 0 Å². The van der Waals surface area contributed by atoms with Crippen molar-refractivity contribution in [3.05, 3.63) is 39.8 Å². The van der Waals surface area contributed by atoms with Gasteiger partial charge in [0, 0.05) is 12.6 Å². The SMILES string of the molecule is Cc1cccc(-n2nnn(C)c2=O)c1C=O. The van der Waals surface area contributed by atoms with Gasteiger partial charge in [-0.05, 0) is 29.0 Å². The van der Waals surface area contributed by atoms with Crippen LogP contribution in [0.1, 0.15) is 15.9 Å². The third-order valence-electron chi connectivity index (χ3n) is 2.37. The molecule has 0 bridgehead atoms. The summed E-state index contributed by atoms with van der Waals surface area (Å²) in [5.74, 6) is 0. The summed E-state index contributed by atoms with van der Waals surface area (Å²) in [4.78, 5) is 22.6. The van der Waals surface area contributed by atoms with Crippen LogP contribution in [0, 0.1) is 6.92 Å². The summed E-state index contributed by atoms with van der Waals surface area (Å²) in [5.41, 5.74) is 1.32. The fourth-order valence-corrected chi connectivity index (χ4v) is 1.47. The van der Waals surface area contributed by atoms with Crippen molar-refractivity contribution in [2.75, 3.05) is 0 Å². The Kier molecular flexibility index (Phi) is 2.40. The lowest BCUT2D eigenvalue weighted by atomic mass is 10.1. The van der Waals surface area contributed by atoms with E-state index in [4.69, 9.17) is 0 Å². The summed E-state index contributed by atoms with van der Waals surface area (Å²) in [5, 5.41) is 7.29. The molecule has 0 radical (unpaired) electrons. The van der Waals surface area contributed by atoms with E-state index in [1.165, 1.54) is 7.05 Å². The van der Waals surface area contributed by atoms with Gasteiger partial charge in [-0.15, -0.1) is 0 Å². The molecule has 0 amide bonds. The average molecular weight is 218 g/mol. The summed E-state index contributed by atoms with van der Waals surface area (Å²) in [6, 6.07) is 5.22. The number of hydrogen-bond acceptors (Lipinski definition) is 4. The third kappa shape index (κ3) is 1.44. The number of nitrogens with zero attached hydrogens (tertiary/aromatic N) is 4. The highest BCUT2D eigenvalue weighted by molar-refractivity contribution is 5.82. The van der Waals surface area contributed by atoms with Crippen molar-refractivity contribution in [2.24, 2.45) is 7.05 Å². The smallest absolute Gasteiger partial charge is 0.298 e. The molecule has 2 rings (SSSR count). The van der Waals surface area contributed by atoms with Crippen molar-refractivity contribution in [1.82, 2.24) is 19.8 Å². The Morgan fingerprint density at radius 2 is 2.06 bits per heavy atom. The number of benzene rings is 1. The highest BCUT2D eigenvalue weighted by Gasteiger charge is 2.11. The molecule has 1 aromatic carbocycles. The molecule has 0 aliphatic heterocycles. The lowest BCUT2D eigenvalue weighted by Crippen LogP contribution is -2.23. The van der Waals surface area contributed by atoms with E-state index in [-0.39, 0.29) is 5.69 Å². The van der Waals surface area contributed by atoms with Gasteiger partial charge in [0.15, 0.2) is 6.29 Å². The first-order valence-electron chi connectivity index (χ1n) is 4.69. The minimum absolute atomic E-state index is 0.381. The van der Waals surface area contributed by atoms with Crippen molar-refractivity contribution >= 4 is 6.29 Å². The van der Waals surface area contributed by atoms with Crippen molar-refractivity contribution < 1.29 is 4.79 Å². The number of aromatic nitrogens is 4. The number of hydrogen-bond donors (Lipinski definition) is 0. The summed E-state index contributed by atoms with van der Waals surface area (Å²) >= 11 is 0. The van der Waals surface area contributed by atoms with E-state index < -0.39 is 0 Å². The van der Waals surface area contributed by atoms with E-state index in [9.17, 15) is 9.59 Å². The van der Waals surface area contributed by atoms with Gasteiger partial charge in [-0.1, -0.05) is 12.1 Å². The van der Waals surface area contributed by atoms with Crippen LogP contribution in [0.2, 0.25) is 0 Å². The first-order valence-corrected chi connectivity index (χ1v) is 4.69. The van der Waals surface area contributed by atoms with Crippen molar-refractivity contribution in [3.8, 4) is 5.69 Å². The van der Waals surface area contributed by atoms with Gasteiger partial charge in [-0.25, -0.2) is 4.79 Å². The Morgan fingerprint density at radius 3 is 2.62 bits per heavy atom. The molecule has 0 N–H and O–H groups in total. The minimum atomic E-state index is -0.381. The van der Waals surface area contributed by atoms with Gasteiger partial charge in [-0.2, -0.15) is 9.36 Å². The molecule has 1 heterocycles. The Labute approximate surface area is 91.1 Å². The van der Waals surface area contributed by atoms with E-state index in [1.807, 2.05) is 0 Å². The summed E-state index contributed by atoms with van der Waals surface area (Å²) in [7, 11) is 1.50. The number of carbonyl (C=O) groups excluding carboxylic acids is 1. The zero-order valence-corrected chi connectivity index (χ0v) is 8.91. The molecule has 0 unspecified atom stereocenters. The van der Waals surface area contributed by atoms with Crippen LogP contribution in [0.15, 0.2) is 23.0 Å². The van der Waals surface area contributed by atoms with Crippen molar-refractivity contribution in [2.45, 2.75) is 6.92 Å². The Hall–Kier alpha value is -2.24. The van der Waals surface area contributed by atoms with Gasteiger partial charge < -0.3 is 0 Å². The molecule has 6 heteroatoms. The second kappa shape index (κ2) is 3.73. The number of aldehydes is 1. The van der Waals surface area contributed by atoms with Crippen molar-refractivity contribution in [3.63, 3.8) is 0 Å². The van der Waals surface area contributed by atoms with Crippen LogP contribution < -0.4 is 5.69 Å². The van der Waals surface area contributed by atoms with E-state index in [2.05, 4.69) is 10.4 Å². The fraction of sp³-hybridized carbons (Fsp3) is 0.200. The second-order valence-corrected chi connectivity index (χ2v) is 3.42. The van der Waals surface area contributed by atoms with Crippen LogP contribution in [-0.4, -0.2) is 26.1 Å². The van der Waals surface area contributed by atoms with Gasteiger partial charge in [-0.3, -0.25) is 4.79 Å². The first kappa shape index (κ1) is 10.3. The zero-order valence-electron chi connectivity index (χ0n) is 8.91. The largest absolute Gasteiger partial charge is 0.368 e. The predicted molar refractivity (Wildman–Crippen MR) is 56.7 cm³/mol. The molecule has 6 nitrogen and oxygen atoms in total. The number of aryl methyl sites for hydroxylation is 2. The molecule has 1 aromatic heterocycles. The molecular weight excluding hydrogens is 208 g/mol. The molecule has 0 spiro atoms. The van der Waals surface area contributed by atoms with Gasteiger partial charge in [0.05, 0.1) is 5.69 Å². The maximum absolute atomic E-state index is 11.6. The zero-order chi connectivity index (χ0) is 11.7. The third-order valence-corrected chi connectivity index (χ3v) is 2.37. The van der Waals surface area contributed by atoms with Crippen LogP contribution in [0.25, 0.3) is 5.69 Å². The lowest BCUT2D eigenvalue weighted by Gasteiger charge is -2.04. The highest BCUT2D eigenvalue weighted by Crippen LogP contribution is 2.13. The molecule has 82 valence electrons. The standard InChI is InChI=1S/C10H10N4O2/c1-7-4-3-5-9(8(7)6-15)14-10(16)13(2)11-12-14/h3-6H,1-2H3. The normalized spacial score (nSPS) is 10.4. The number of tetrazole rings is 1. The second-order valence-electron chi connectivity index (χ2n) is 3.42. The molecule has 0 saturated carbocycles. The Bertz CT molecular complexity index is 597. The molecule has 0 atom stereocenters. The molecule has 0 aliphatic rings. The Morgan fingerprint density at radius 1 is 1.31 bits per heavy atom. The molecule has 0 fully saturated rings. The van der Waals surface area contributed by atoms with Gasteiger partial charge in [0.2, 0.25) is 0 Å². The van der Waals surface area contributed by atoms with Crippen molar-refractivity contribution in [1.29, 1.82) is 0 Å². The lowest BCUT2D eigenvalue weighted by molar-refractivity contribution is 0.112. The topological polar surface area (TPSA) is 69.8 Å². The Balaban J connectivity index is 2.74. The van der Waals surface area contributed by atoms with Gasteiger partial charge >= 0.3 is 5.69 Å². The quantitative estimate of drug-likeness (QED) is 0.670. The molecule has 0 saturated heterocycles. The van der Waals surface area contributed by atoms with E-state index in [0.29, 0.717) is 17.5 Å². The maximum Gasteiger partial charge on any atom is 0.368 e. The van der Waals surface area contributed by atoms with Crippen LogP contribution in [0.5, 0.6) is 0 Å². The van der Waals surface area contributed by atoms with E-state index in [1.54, 1.807) is 25.1 Å². The van der Waals surface area contributed by atoms with Crippen LogP contribution in [0.3, 0.4) is 0 Å².